The fourth-order valence-electron chi connectivity index (χ4n) is 2.79. The molecule has 0 heterocycles. The Morgan fingerprint density at radius 2 is 1.58 bits per heavy atom. The standard InChI is InChI=1S/C18H34O/c1-16(2,3)11-7-8-12-18(13-9-10-14-18)15-19-17(4,5)6/h7,11H,8-10,12-15H2,1-6H3/b11-7+. The topological polar surface area (TPSA) is 9.23 Å². The lowest BCUT2D eigenvalue weighted by Gasteiger charge is -2.32. The van der Waals surface area contributed by atoms with Gasteiger partial charge < -0.3 is 4.74 Å². The minimum Gasteiger partial charge on any atom is -0.375 e. The van der Waals surface area contributed by atoms with E-state index in [0.29, 0.717) is 10.8 Å². The number of rotatable bonds is 5. The van der Waals surface area contributed by atoms with Crippen molar-refractivity contribution in [3.8, 4) is 0 Å². The molecule has 0 spiro atoms. The van der Waals surface area contributed by atoms with E-state index in [-0.39, 0.29) is 5.60 Å². The van der Waals surface area contributed by atoms with E-state index in [2.05, 4.69) is 53.7 Å². The second kappa shape index (κ2) is 6.43. The summed E-state index contributed by atoms with van der Waals surface area (Å²) in [4.78, 5) is 0. The molecule has 1 nitrogen and oxygen atoms in total. The Hall–Kier alpha value is -0.300. The molecular weight excluding hydrogens is 232 g/mol. The average molecular weight is 266 g/mol. The van der Waals surface area contributed by atoms with Crippen molar-refractivity contribution in [2.75, 3.05) is 6.61 Å². The molecule has 1 saturated carbocycles. The smallest absolute Gasteiger partial charge is 0.0598 e. The first kappa shape index (κ1) is 16.8. The van der Waals surface area contributed by atoms with Crippen LogP contribution in [0.1, 0.15) is 80.1 Å². The van der Waals surface area contributed by atoms with Crippen LogP contribution in [0, 0.1) is 10.8 Å². The zero-order valence-electron chi connectivity index (χ0n) is 14.0. The van der Waals surface area contributed by atoms with Crippen LogP contribution in [0.5, 0.6) is 0 Å². The first-order chi connectivity index (χ1) is 8.62. The lowest BCUT2D eigenvalue weighted by Crippen LogP contribution is -2.30. The highest BCUT2D eigenvalue weighted by molar-refractivity contribution is 4.94. The highest BCUT2D eigenvalue weighted by Crippen LogP contribution is 2.43. The summed E-state index contributed by atoms with van der Waals surface area (Å²) >= 11 is 0. The molecule has 0 atom stereocenters. The van der Waals surface area contributed by atoms with Crippen molar-refractivity contribution in [2.45, 2.75) is 85.7 Å². The second-order valence-electron chi connectivity index (χ2n) is 8.42. The summed E-state index contributed by atoms with van der Waals surface area (Å²) in [5.41, 5.74) is 0.761. The van der Waals surface area contributed by atoms with E-state index < -0.39 is 0 Å². The molecule has 1 aliphatic rings. The Morgan fingerprint density at radius 1 is 1.00 bits per heavy atom. The fraction of sp³-hybridized carbons (Fsp3) is 0.889. The van der Waals surface area contributed by atoms with Crippen molar-refractivity contribution < 1.29 is 4.74 Å². The molecule has 0 amide bonds. The largest absolute Gasteiger partial charge is 0.375 e. The predicted octanol–water partition coefficient (Wildman–Crippen LogP) is 5.74. The van der Waals surface area contributed by atoms with E-state index in [1.54, 1.807) is 0 Å². The van der Waals surface area contributed by atoms with Crippen molar-refractivity contribution in [3.63, 3.8) is 0 Å². The molecule has 0 bridgehead atoms. The van der Waals surface area contributed by atoms with E-state index in [0.717, 1.165) is 6.61 Å². The first-order valence-corrected chi connectivity index (χ1v) is 7.94. The summed E-state index contributed by atoms with van der Waals surface area (Å²) in [6, 6.07) is 0. The van der Waals surface area contributed by atoms with Gasteiger partial charge in [-0.25, -0.2) is 0 Å². The van der Waals surface area contributed by atoms with Crippen LogP contribution < -0.4 is 0 Å². The van der Waals surface area contributed by atoms with E-state index in [1.165, 1.54) is 38.5 Å². The van der Waals surface area contributed by atoms with Gasteiger partial charge in [0.25, 0.3) is 0 Å². The van der Waals surface area contributed by atoms with E-state index in [9.17, 15) is 0 Å². The molecular formula is C18H34O. The maximum atomic E-state index is 6.09. The van der Waals surface area contributed by atoms with Crippen molar-refractivity contribution in [2.24, 2.45) is 10.8 Å². The highest BCUT2D eigenvalue weighted by atomic mass is 16.5. The van der Waals surface area contributed by atoms with Crippen LogP contribution >= 0.6 is 0 Å². The number of allylic oxidation sites excluding steroid dienone is 2. The number of hydrogen-bond acceptors (Lipinski definition) is 1. The number of ether oxygens (including phenoxy) is 1. The fourth-order valence-corrected chi connectivity index (χ4v) is 2.79. The molecule has 19 heavy (non-hydrogen) atoms. The molecule has 112 valence electrons. The molecule has 1 aliphatic carbocycles. The van der Waals surface area contributed by atoms with Crippen molar-refractivity contribution >= 4 is 0 Å². The molecule has 0 aromatic heterocycles. The molecule has 0 unspecified atom stereocenters. The average Bonchev–Trinajstić information content (AvgIpc) is 2.69. The van der Waals surface area contributed by atoms with Crippen LogP contribution in [0.2, 0.25) is 0 Å². The normalized spacial score (nSPS) is 20.3. The Labute approximate surface area is 120 Å². The first-order valence-electron chi connectivity index (χ1n) is 7.94. The van der Waals surface area contributed by atoms with Crippen molar-refractivity contribution in [1.82, 2.24) is 0 Å². The van der Waals surface area contributed by atoms with Crippen molar-refractivity contribution in [3.05, 3.63) is 12.2 Å². The Kier molecular flexibility index (Phi) is 5.67. The molecule has 0 aromatic carbocycles. The van der Waals surface area contributed by atoms with Crippen LogP contribution in [0.15, 0.2) is 12.2 Å². The van der Waals surface area contributed by atoms with Gasteiger partial charge in [0.2, 0.25) is 0 Å². The molecule has 0 N–H and O–H groups in total. The summed E-state index contributed by atoms with van der Waals surface area (Å²) < 4.78 is 6.09. The quantitative estimate of drug-likeness (QED) is 0.576. The van der Waals surface area contributed by atoms with E-state index >= 15 is 0 Å². The Balaban J connectivity index is 2.46. The number of hydrogen-bond donors (Lipinski definition) is 0. The summed E-state index contributed by atoms with van der Waals surface area (Å²) in [6.45, 7) is 14.2. The minimum atomic E-state index is -0.00314. The van der Waals surface area contributed by atoms with Gasteiger partial charge in [-0.05, 0) is 57.3 Å². The van der Waals surface area contributed by atoms with Crippen LogP contribution in [0.3, 0.4) is 0 Å². The molecule has 0 aromatic rings. The Morgan fingerprint density at radius 3 is 2.05 bits per heavy atom. The minimum absolute atomic E-state index is 0.00314. The van der Waals surface area contributed by atoms with Gasteiger partial charge in [0, 0.05) is 0 Å². The summed E-state index contributed by atoms with van der Waals surface area (Å²) in [6.07, 6.45) is 12.7. The van der Waals surface area contributed by atoms with Gasteiger partial charge in [-0.15, -0.1) is 0 Å². The van der Waals surface area contributed by atoms with E-state index in [4.69, 9.17) is 4.74 Å². The molecule has 0 aliphatic heterocycles. The van der Waals surface area contributed by atoms with Gasteiger partial charge in [0.05, 0.1) is 12.2 Å². The van der Waals surface area contributed by atoms with Crippen LogP contribution in [0.25, 0.3) is 0 Å². The third-order valence-electron chi connectivity index (χ3n) is 3.93. The zero-order valence-corrected chi connectivity index (χ0v) is 14.0. The highest BCUT2D eigenvalue weighted by Gasteiger charge is 2.34. The second-order valence-corrected chi connectivity index (χ2v) is 8.42. The van der Waals surface area contributed by atoms with Gasteiger partial charge in [-0.3, -0.25) is 0 Å². The Bertz CT molecular complexity index is 282. The SMILES string of the molecule is CC(C)(C)/C=C/CCC1(COC(C)(C)C)CCCC1. The molecule has 1 rings (SSSR count). The van der Waals surface area contributed by atoms with Crippen LogP contribution in [0.4, 0.5) is 0 Å². The molecule has 1 heteroatoms. The van der Waals surface area contributed by atoms with Gasteiger partial charge in [-0.2, -0.15) is 0 Å². The summed E-state index contributed by atoms with van der Waals surface area (Å²) in [5, 5.41) is 0. The van der Waals surface area contributed by atoms with Crippen LogP contribution in [-0.2, 0) is 4.74 Å². The summed E-state index contributed by atoms with van der Waals surface area (Å²) in [7, 11) is 0. The molecule has 1 fully saturated rings. The monoisotopic (exact) mass is 266 g/mol. The summed E-state index contributed by atoms with van der Waals surface area (Å²) in [5.74, 6) is 0. The maximum absolute atomic E-state index is 6.09. The third-order valence-corrected chi connectivity index (χ3v) is 3.93. The van der Waals surface area contributed by atoms with Gasteiger partial charge in [0.1, 0.15) is 0 Å². The molecule has 0 saturated heterocycles. The molecule has 0 radical (unpaired) electrons. The van der Waals surface area contributed by atoms with E-state index in [1.807, 2.05) is 0 Å². The van der Waals surface area contributed by atoms with Gasteiger partial charge in [-0.1, -0.05) is 45.8 Å². The van der Waals surface area contributed by atoms with Crippen LogP contribution in [-0.4, -0.2) is 12.2 Å². The van der Waals surface area contributed by atoms with Gasteiger partial charge >= 0.3 is 0 Å². The predicted molar refractivity (Wildman–Crippen MR) is 84.4 cm³/mol. The lowest BCUT2D eigenvalue weighted by atomic mass is 9.82. The van der Waals surface area contributed by atoms with Gasteiger partial charge in [0.15, 0.2) is 0 Å². The third kappa shape index (κ3) is 7.15. The zero-order chi connectivity index (χ0) is 14.6. The lowest BCUT2D eigenvalue weighted by molar-refractivity contribution is -0.0531. The van der Waals surface area contributed by atoms with Crippen molar-refractivity contribution in [1.29, 1.82) is 0 Å². The maximum Gasteiger partial charge on any atom is 0.0598 e.